The number of benzene rings is 2. The summed E-state index contributed by atoms with van der Waals surface area (Å²) >= 11 is -1.17. The molecule has 48 heavy (non-hydrogen) atoms. The van der Waals surface area contributed by atoms with E-state index >= 15 is 0 Å². The number of aryl methyl sites for hydroxylation is 1. The third-order valence-corrected chi connectivity index (χ3v) is 18.0. The number of hydrogen-bond acceptors (Lipinski definition) is 4. The molecular weight excluding hydrogens is 791 g/mol. The van der Waals surface area contributed by atoms with Crippen molar-refractivity contribution in [2.75, 3.05) is 13.2 Å². The molecule has 7 heteroatoms. The molecule has 1 saturated carbocycles. The van der Waals surface area contributed by atoms with Crippen molar-refractivity contribution in [2.45, 2.75) is 147 Å². The zero-order valence-electron chi connectivity index (χ0n) is 32.3. The summed E-state index contributed by atoms with van der Waals surface area (Å²) in [6, 6.07) is 12.1. The Morgan fingerprint density at radius 3 is 1.98 bits per heavy atom. The molecule has 1 atom stereocenters. The number of halogens is 2. The molecule has 1 heterocycles. The standard InChI is InChI=1S/C16H21F2O.C12H17N.C5H9.C3H6O.2C2H6.CH3N.Hg/c1-5-8-15(19)13-9-11(6-2)10-14(12(13)7-3)16(4,17)18;1-3-5-12(13)9-11-7-4-6-10(2)8-11;1-5-3-2-4-5;1-2-4-3-1;3*1-2;/h6,9-10H,5,7-8H2,1-4H3;4,6-8,13H,3,5,9H2,1-2H3;5H,1-4H2;1-3H2;2*1-2H3;2H,1H2;. The number of rotatable bonds is 13. The van der Waals surface area contributed by atoms with E-state index in [0.717, 1.165) is 63.0 Å². The van der Waals surface area contributed by atoms with Crippen LogP contribution in [-0.4, -0.2) is 31.4 Å². The van der Waals surface area contributed by atoms with Crippen molar-refractivity contribution >= 4 is 18.2 Å². The van der Waals surface area contributed by atoms with Crippen molar-refractivity contribution in [1.29, 1.82) is 10.8 Å². The van der Waals surface area contributed by atoms with Crippen LogP contribution in [-0.2, 0) is 48.1 Å². The predicted octanol–water partition coefficient (Wildman–Crippen LogP) is 12.8. The molecule has 0 spiro atoms. The molecule has 2 aromatic carbocycles. The first-order valence-corrected chi connectivity index (χ1v) is 25.7. The summed E-state index contributed by atoms with van der Waals surface area (Å²) in [6.45, 7) is 23.7. The topological polar surface area (TPSA) is 74.0 Å². The van der Waals surface area contributed by atoms with E-state index in [1.807, 2.05) is 47.6 Å². The Morgan fingerprint density at radius 2 is 1.56 bits per heavy atom. The van der Waals surface area contributed by atoms with Crippen molar-refractivity contribution in [1.82, 2.24) is 0 Å². The maximum atomic E-state index is 14.3. The van der Waals surface area contributed by atoms with Crippen LogP contribution < -0.4 is 0 Å². The van der Waals surface area contributed by atoms with Crippen molar-refractivity contribution in [3.8, 4) is 0 Å². The van der Waals surface area contributed by atoms with Crippen LogP contribution in [0.15, 0.2) is 36.4 Å². The van der Waals surface area contributed by atoms with Crippen molar-refractivity contribution < 1.29 is 42.9 Å². The van der Waals surface area contributed by atoms with Gasteiger partial charge in [-0.25, -0.2) is 0 Å². The molecule has 1 unspecified atom stereocenters. The molecule has 270 valence electrons. The number of ketones is 1. The molecule has 2 fully saturated rings. The second-order valence-electron chi connectivity index (χ2n) is 12.3. The van der Waals surface area contributed by atoms with E-state index in [4.69, 9.17) is 15.6 Å². The van der Waals surface area contributed by atoms with Gasteiger partial charge in [-0.15, -0.1) is 0 Å². The number of nitrogens with one attached hydrogen (secondary N) is 2. The van der Waals surface area contributed by atoms with Gasteiger partial charge >= 0.3 is 164 Å². The van der Waals surface area contributed by atoms with Gasteiger partial charge in [0.05, 0.1) is 0 Å². The van der Waals surface area contributed by atoms with E-state index < -0.39 is 30.5 Å². The van der Waals surface area contributed by atoms with Gasteiger partial charge in [-0.05, 0) is 32.0 Å². The normalized spacial score (nSPS) is 13.5. The van der Waals surface area contributed by atoms with Gasteiger partial charge in [0.2, 0.25) is 0 Å². The summed E-state index contributed by atoms with van der Waals surface area (Å²) in [7, 11) is 0. The van der Waals surface area contributed by atoms with E-state index in [-0.39, 0.29) is 11.3 Å². The molecule has 2 N–H and O–H groups in total. The van der Waals surface area contributed by atoms with E-state index in [2.05, 4.69) is 51.8 Å². The van der Waals surface area contributed by atoms with Crippen LogP contribution in [0.25, 0.3) is 0 Å². The molecule has 4 nitrogen and oxygen atoms in total. The average Bonchev–Trinajstić information content (AvgIpc) is 3.02. The number of alkyl halides is 2. The minimum absolute atomic E-state index is 0.0227. The molecule has 4 rings (SSSR count). The third kappa shape index (κ3) is 19.4. The number of carbonyl (C=O) groups is 1. The summed E-state index contributed by atoms with van der Waals surface area (Å²) in [5.74, 6) is -1.96. The van der Waals surface area contributed by atoms with Gasteiger partial charge in [-0.3, -0.25) is 0 Å². The van der Waals surface area contributed by atoms with Crippen LogP contribution >= 0.6 is 0 Å². The SMILES string of the molecule is C1COC1.C=N.CC.CC.CCCC(=N)Cc1cccc(C)c1.CCCC(=O)c1cc([CH](C)[Hg][CH2]C2CCC2)cc(C(C)(F)F)c1CC. The predicted molar refractivity (Wildman–Crippen MR) is 201 cm³/mol. The number of Topliss-reactive ketones (excluding diaryl/α,β-unsaturated/α-hetero) is 1. The molecule has 0 aromatic heterocycles. The van der Waals surface area contributed by atoms with Gasteiger partial charge < -0.3 is 15.6 Å². The van der Waals surface area contributed by atoms with E-state index in [9.17, 15) is 13.6 Å². The molecule has 1 saturated heterocycles. The first-order chi connectivity index (χ1) is 23.0. The summed E-state index contributed by atoms with van der Waals surface area (Å²) in [6.07, 6.45) is 9.84. The van der Waals surface area contributed by atoms with Gasteiger partial charge in [0.25, 0.3) is 0 Å². The maximum absolute atomic E-state index is 14.3. The first-order valence-electron chi connectivity index (χ1n) is 18.6. The van der Waals surface area contributed by atoms with Crippen LogP contribution in [0.3, 0.4) is 0 Å². The second kappa shape index (κ2) is 29.0. The van der Waals surface area contributed by atoms with E-state index in [1.54, 1.807) is 6.07 Å². The Morgan fingerprint density at radius 1 is 1.00 bits per heavy atom. The molecule has 2 aromatic rings. The summed E-state index contributed by atoms with van der Waals surface area (Å²) in [5, 5.41) is 13.2. The Hall–Kier alpha value is -1.79. The minimum atomic E-state index is -2.90. The van der Waals surface area contributed by atoms with Crippen LogP contribution in [0.1, 0.15) is 155 Å². The van der Waals surface area contributed by atoms with Gasteiger partial charge in [0.15, 0.2) is 0 Å². The molecule has 1 aliphatic heterocycles. The molecule has 1 aliphatic carbocycles. The van der Waals surface area contributed by atoms with Crippen molar-refractivity contribution in [3.05, 3.63) is 69.8 Å². The number of ether oxygens (including phenoxy) is 1. The Kier molecular flexibility index (Phi) is 29.2. The third-order valence-electron chi connectivity index (χ3n) is 8.31. The fourth-order valence-corrected chi connectivity index (χ4v) is 13.6. The van der Waals surface area contributed by atoms with Gasteiger partial charge in [0.1, 0.15) is 0 Å². The van der Waals surface area contributed by atoms with E-state index in [0.29, 0.717) is 27.4 Å². The fraction of sp³-hybridized carbons (Fsp3) is 0.634. The summed E-state index contributed by atoms with van der Waals surface area (Å²) in [4.78, 5) is 12.6. The summed E-state index contributed by atoms with van der Waals surface area (Å²) < 4.78 is 35.1. The van der Waals surface area contributed by atoms with Crippen LogP contribution in [0.2, 0.25) is 3.93 Å². The molecule has 0 radical (unpaired) electrons. The molecule has 0 amide bonds. The number of carbonyl (C=O) groups excluding carboxylic acids is 1. The molecule has 2 aliphatic rings. The monoisotopic (exact) mass is 860 g/mol. The quantitative estimate of drug-likeness (QED) is 0.120. The zero-order chi connectivity index (χ0) is 37.1. The second-order valence-corrected chi connectivity index (χ2v) is 21.5. The van der Waals surface area contributed by atoms with Gasteiger partial charge in [-0.1, -0.05) is 70.9 Å². The van der Waals surface area contributed by atoms with Gasteiger partial charge in [-0.2, -0.15) is 0 Å². The van der Waals surface area contributed by atoms with Crippen molar-refractivity contribution in [3.63, 3.8) is 0 Å². The Balaban J connectivity index is 0. The van der Waals surface area contributed by atoms with Crippen LogP contribution in [0, 0.1) is 23.7 Å². The van der Waals surface area contributed by atoms with Crippen LogP contribution in [0.5, 0.6) is 0 Å². The zero-order valence-corrected chi connectivity index (χ0v) is 37.8. The van der Waals surface area contributed by atoms with E-state index in [1.165, 1.54) is 40.7 Å². The van der Waals surface area contributed by atoms with Crippen LogP contribution in [0.4, 0.5) is 8.78 Å². The fourth-order valence-electron chi connectivity index (χ4n) is 5.40. The first kappa shape index (κ1) is 48.3. The average molecular weight is 860 g/mol. The number of hydrogen-bond donors (Lipinski definition) is 2. The Bertz CT molecular complexity index is 1140. The van der Waals surface area contributed by atoms with Crippen molar-refractivity contribution in [2.24, 2.45) is 5.92 Å². The summed E-state index contributed by atoms with van der Waals surface area (Å²) in [5.41, 5.74) is 5.57. The molecule has 0 bridgehead atoms. The molecular formula is C41H68F2HgN2O2. The Labute approximate surface area is 306 Å². The van der Waals surface area contributed by atoms with Gasteiger partial charge in [0, 0.05) is 25.3 Å².